The second-order valence-electron chi connectivity index (χ2n) is 6.41. The summed E-state index contributed by atoms with van der Waals surface area (Å²) in [5, 5.41) is 8.79. The molecule has 0 atom stereocenters. The molecule has 0 radical (unpaired) electrons. The molecule has 2 N–H and O–H groups in total. The Balaban J connectivity index is 1.56. The molecule has 1 fully saturated rings. The van der Waals surface area contributed by atoms with Crippen molar-refractivity contribution >= 4 is 17.9 Å². The van der Waals surface area contributed by atoms with Crippen LogP contribution in [-0.2, 0) is 9.53 Å². The topological polar surface area (TPSA) is 111 Å². The van der Waals surface area contributed by atoms with Crippen molar-refractivity contribution in [3.05, 3.63) is 41.7 Å². The van der Waals surface area contributed by atoms with E-state index < -0.39 is 24.5 Å². The highest BCUT2D eigenvalue weighted by atomic mass is 16.5. The van der Waals surface area contributed by atoms with E-state index in [0.717, 1.165) is 25.7 Å². The summed E-state index contributed by atoms with van der Waals surface area (Å²) in [6.07, 6.45) is 3.95. The van der Waals surface area contributed by atoms with Gasteiger partial charge in [-0.2, -0.15) is 0 Å². The molecule has 0 bridgehead atoms. The highest BCUT2D eigenvalue weighted by Gasteiger charge is 2.24. The summed E-state index contributed by atoms with van der Waals surface area (Å²) in [7, 11) is 0. The Morgan fingerprint density at radius 2 is 1.89 bits per heavy atom. The van der Waals surface area contributed by atoms with Crippen LogP contribution in [0.5, 0.6) is 0 Å². The van der Waals surface area contributed by atoms with E-state index >= 15 is 0 Å². The number of aryl methyl sites for hydroxylation is 1. The van der Waals surface area contributed by atoms with Gasteiger partial charge in [0.25, 0.3) is 5.91 Å². The van der Waals surface area contributed by atoms with Crippen molar-refractivity contribution < 1.29 is 23.6 Å². The van der Waals surface area contributed by atoms with Crippen molar-refractivity contribution in [2.45, 2.75) is 38.6 Å². The predicted octanol–water partition coefficient (Wildman–Crippen LogP) is 2.58. The molecule has 3 rings (SSSR count). The molecule has 8 nitrogen and oxygen atoms in total. The number of aromatic nitrogens is 1. The number of carbonyl (C=O) groups is 3. The first kappa shape index (κ1) is 18.6. The molecule has 1 saturated carbocycles. The third kappa shape index (κ3) is 4.72. The summed E-state index contributed by atoms with van der Waals surface area (Å²) in [5.41, 5.74) is 1.20. The molecule has 27 heavy (non-hydrogen) atoms. The van der Waals surface area contributed by atoms with E-state index in [9.17, 15) is 14.4 Å². The number of esters is 1. The Bertz CT molecular complexity index is 825. The number of hydrogen-bond donors (Lipinski definition) is 2. The highest BCUT2D eigenvalue weighted by molar-refractivity contribution is 5.99. The molecule has 1 heterocycles. The first-order valence-corrected chi connectivity index (χ1v) is 8.83. The number of rotatable bonds is 5. The summed E-state index contributed by atoms with van der Waals surface area (Å²) in [6.45, 7) is 1.01. The molecular formula is C19H21N3O5. The van der Waals surface area contributed by atoms with Gasteiger partial charge in [0.05, 0.1) is 0 Å². The number of hydrogen-bond acceptors (Lipinski definition) is 6. The maximum Gasteiger partial charge on any atom is 0.344 e. The highest BCUT2D eigenvalue weighted by Crippen LogP contribution is 2.25. The number of nitrogens with one attached hydrogen (secondary N) is 2. The van der Waals surface area contributed by atoms with Gasteiger partial charge in [0, 0.05) is 11.6 Å². The Labute approximate surface area is 156 Å². The molecule has 1 aromatic carbocycles. The average Bonchev–Trinajstić information content (AvgIpc) is 3.30. The first-order valence-electron chi connectivity index (χ1n) is 8.83. The standard InChI is InChI=1S/C19H21N3O5/c1-12-16(17(22-27-12)13-7-3-2-4-8-13)18(24)26-11-15(23)21-19(25)20-14-9-5-6-10-14/h2-4,7-8,14H,5-6,9-11H2,1H3,(H2,20,21,23,25). The first-order chi connectivity index (χ1) is 13.0. The van der Waals surface area contributed by atoms with Gasteiger partial charge in [-0.25, -0.2) is 9.59 Å². The average molecular weight is 371 g/mol. The molecule has 0 spiro atoms. The van der Waals surface area contributed by atoms with Crippen LogP contribution in [0.4, 0.5) is 4.79 Å². The van der Waals surface area contributed by atoms with Gasteiger partial charge in [-0.1, -0.05) is 48.3 Å². The Morgan fingerprint density at radius 3 is 2.59 bits per heavy atom. The molecule has 0 saturated heterocycles. The molecule has 1 aliphatic carbocycles. The van der Waals surface area contributed by atoms with Crippen molar-refractivity contribution in [2.24, 2.45) is 0 Å². The van der Waals surface area contributed by atoms with E-state index in [2.05, 4.69) is 15.8 Å². The van der Waals surface area contributed by atoms with Crippen molar-refractivity contribution in [2.75, 3.05) is 6.61 Å². The van der Waals surface area contributed by atoms with Gasteiger partial charge in [-0.3, -0.25) is 10.1 Å². The zero-order chi connectivity index (χ0) is 19.2. The molecular weight excluding hydrogens is 350 g/mol. The lowest BCUT2D eigenvalue weighted by atomic mass is 10.1. The summed E-state index contributed by atoms with van der Waals surface area (Å²) in [6, 6.07) is 8.55. The van der Waals surface area contributed by atoms with Crippen LogP contribution in [0, 0.1) is 6.92 Å². The summed E-state index contributed by atoms with van der Waals surface area (Å²) in [5.74, 6) is -1.15. The monoisotopic (exact) mass is 371 g/mol. The van der Waals surface area contributed by atoms with Crippen LogP contribution in [-0.4, -0.2) is 35.7 Å². The van der Waals surface area contributed by atoms with Gasteiger partial charge >= 0.3 is 12.0 Å². The Kier molecular flexibility index (Phi) is 5.85. The van der Waals surface area contributed by atoms with E-state index in [-0.39, 0.29) is 11.6 Å². The zero-order valence-electron chi connectivity index (χ0n) is 15.0. The summed E-state index contributed by atoms with van der Waals surface area (Å²) >= 11 is 0. The van der Waals surface area contributed by atoms with Gasteiger partial charge in [0.15, 0.2) is 6.61 Å². The second kappa shape index (κ2) is 8.48. The molecule has 8 heteroatoms. The Morgan fingerprint density at radius 1 is 1.19 bits per heavy atom. The lowest BCUT2D eigenvalue weighted by molar-refractivity contribution is -0.123. The normalized spacial score (nSPS) is 14.0. The minimum Gasteiger partial charge on any atom is -0.452 e. The minimum atomic E-state index is -0.737. The lowest BCUT2D eigenvalue weighted by Gasteiger charge is -2.12. The fourth-order valence-electron chi connectivity index (χ4n) is 3.06. The van der Waals surface area contributed by atoms with E-state index in [1.807, 2.05) is 18.2 Å². The number of benzene rings is 1. The van der Waals surface area contributed by atoms with Crippen molar-refractivity contribution in [3.8, 4) is 11.3 Å². The fourth-order valence-corrected chi connectivity index (χ4v) is 3.06. The van der Waals surface area contributed by atoms with Gasteiger partial charge in [-0.15, -0.1) is 0 Å². The van der Waals surface area contributed by atoms with E-state index in [1.165, 1.54) is 0 Å². The summed E-state index contributed by atoms with van der Waals surface area (Å²) in [4.78, 5) is 36.0. The van der Waals surface area contributed by atoms with Crippen molar-refractivity contribution in [1.29, 1.82) is 0 Å². The Hall–Kier alpha value is -3.16. The minimum absolute atomic E-state index is 0.0911. The molecule has 1 aliphatic rings. The van der Waals surface area contributed by atoms with Crippen LogP contribution in [0.1, 0.15) is 41.8 Å². The van der Waals surface area contributed by atoms with Crippen molar-refractivity contribution in [1.82, 2.24) is 15.8 Å². The van der Waals surface area contributed by atoms with Gasteiger partial charge in [0.1, 0.15) is 17.0 Å². The van der Waals surface area contributed by atoms with Crippen LogP contribution in [0.15, 0.2) is 34.9 Å². The van der Waals surface area contributed by atoms with Crippen LogP contribution in [0.3, 0.4) is 0 Å². The van der Waals surface area contributed by atoms with Crippen LogP contribution < -0.4 is 10.6 Å². The number of imide groups is 1. The van der Waals surface area contributed by atoms with Crippen LogP contribution in [0.25, 0.3) is 11.3 Å². The number of amides is 3. The maximum atomic E-state index is 12.4. The number of carbonyl (C=O) groups excluding carboxylic acids is 3. The largest absolute Gasteiger partial charge is 0.452 e. The summed E-state index contributed by atoms with van der Waals surface area (Å²) < 4.78 is 10.1. The molecule has 0 unspecified atom stereocenters. The van der Waals surface area contributed by atoms with Gasteiger partial charge in [0.2, 0.25) is 0 Å². The number of urea groups is 1. The van der Waals surface area contributed by atoms with Crippen LogP contribution in [0.2, 0.25) is 0 Å². The quantitative estimate of drug-likeness (QED) is 0.782. The number of nitrogens with zero attached hydrogens (tertiary/aromatic N) is 1. The second-order valence-corrected chi connectivity index (χ2v) is 6.41. The molecule has 3 amide bonds. The third-order valence-corrected chi connectivity index (χ3v) is 4.39. The third-order valence-electron chi connectivity index (χ3n) is 4.39. The van der Waals surface area contributed by atoms with Gasteiger partial charge < -0.3 is 14.6 Å². The zero-order valence-corrected chi connectivity index (χ0v) is 15.0. The SMILES string of the molecule is Cc1onc(-c2ccccc2)c1C(=O)OCC(=O)NC(=O)NC1CCCC1. The van der Waals surface area contributed by atoms with Gasteiger partial charge in [-0.05, 0) is 19.8 Å². The maximum absolute atomic E-state index is 12.4. The van der Waals surface area contributed by atoms with E-state index in [1.54, 1.807) is 19.1 Å². The molecule has 142 valence electrons. The fraction of sp³-hybridized carbons (Fsp3) is 0.368. The molecule has 1 aromatic heterocycles. The smallest absolute Gasteiger partial charge is 0.344 e. The molecule has 2 aromatic rings. The van der Waals surface area contributed by atoms with E-state index in [4.69, 9.17) is 9.26 Å². The number of ether oxygens (including phenoxy) is 1. The van der Waals surface area contributed by atoms with E-state index in [0.29, 0.717) is 17.0 Å². The lowest BCUT2D eigenvalue weighted by Crippen LogP contribution is -2.45. The molecule has 0 aliphatic heterocycles. The van der Waals surface area contributed by atoms with Crippen molar-refractivity contribution in [3.63, 3.8) is 0 Å². The van der Waals surface area contributed by atoms with Crippen LogP contribution >= 0.6 is 0 Å². The predicted molar refractivity (Wildman–Crippen MR) is 95.9 cm³/mol.